The molecular formula is C23H26N2O4S. The van der Waals surface area contributed by atoms with Crippen molar-refractivity contribution in [3.05, 3.63) is 71.3 Å². The molecule has 3 aromatic rings. The van der Waals surface area contributed by atoms with E-state index in [1.54, 1.807) is 19.2 Å². The molecule has 7 heteroatoms. The first kappa shape index (κ1) is 21.6. The van der Waals surface area contributed by atoms with Gasteiger partial charge in [0.25, 0.3) is 5.91 Å². The van der Waals surface area contributed by atoms with Crippen LogP contribution >= 0.6 is 0 Å². The number of nitrogens with one attached hydrogen (secondary N) is 1. The molecule has 0 atom stereocenters. The maximum Gasteiger partial charge on any atom is 0.255 e. The molecule has 0 unspecified atom stereocenters. The third-order valence-corrected chi connectivity index (χ3v) is 5.24. The Kier molecular flexibility index (Phi) is 6.31. The summed E-state index contributed by atoms with van der Waals surface area (Å²) < 4.78 is 31.9. The van der Waals surface area contributed by atoms with Gasteiger partial charge in [-0.25, -0.2) is 8.42 Å². The van der Waals surface area contributed by atoms with Gasteiger partial charge in [-0.2, -0.15) is 0 Å². The molecule has 0 aliphatic carbocycles. The number of ether oxygens (including phenoxy) is 1. The van der Waals surface area contributed by atoms with Gasteiger partial charge in [0.1, 0.15) is 12.4 Å². The van der Waals surface area contributed by atoms with Crippen LogP contribution in [-0.2, 0) is 10.0 Å². The third kappa shape index (κ3) is 5.51. The van der Waals surface area contributed by atoms with E-state index in [-0.39, 0.29) is 11.6 Å². The number of anilines is 1. The van der Waals surface area contributed by atoms with Crippen molar-refractivity contribution in [1.82, 2.24) is 4.90 Å². The first-order valence-electron chi connectivity index (χ1n) is 9.59. The van der Waals surface area contributed by atoms with E-state index in [2.05, 4.69) is 10.8 Å². The van der Waals surface area contributed by atoms with Crippen molar-refractivity contribution in [2.24, 2.45) is 0 Å². The Bertz CT molecular complexity index is 1170. The minimum Gasteiger partial charge on any atom is -0.492 e. The standard InChI is InChI=1S/C23H26N2O4S/c1-16-11-17(2)13-20(12-16)29-10-9-25(3)23(26)21-14-18-7-5-6-8-19(18)15-22(21)24-30(4,27)28/h5-8,11-15,24H,9-10H2,1-4H3. The Labute approximate surface area is 177 Å². The second kappa shape index (κ2) is 8.75. The number of likely N-dealkylation sites (N-methyl/N-ethyl adjacent to an activating group) is 1. The highest BCUT2D eigenvalue weighted by atomic mass is 32.2. The molecule has 0 spiro atoms. The van der Waals surface area contributed by atoms with E-state index in [0.29, 0.717) is 18.7 Å². The van der Waals surface area contributed by atoms with Crippen molar-refractivity contribution in [3.63, 3.8) is 0 Å². The van der Waals surface area contributed by atoms with Gasteiger partial charge in [-0.3, -0.25) is 9.52 Å². The summed E-state index contributed by atoms with van der Waals surface area (Å²) in [4.78, 5) is 14.6. The third-order valence-electron chi connectivity index (χ3n) is 4.65. The average Bonchev–Trinajstić information content (AvgIpc) is 2.64. The van der Waals surface area contributed by atoms with Crippen molar-refractivity contribution >= 4 is 32.4 Å². The molecule has 1 amide bonds. The molecule has 0 bridgehead atoms. The van der Waals surface area contributed by atoms with E-state index in [1.165, 1.54) is 4.90 Å². The summed E-state index contributed by atoms with van der Waals surface area (Å²) in [5.41, 5.74) is 2.79. The van der Waals surface area contributed by atoms with Crippen LogP contribution in [0.2, 0.25) is 0 Å². The summed E-state index contributed by atoms with van der Waals surface area (Å²) in [5, 5.41) is 1.71. The van der Waals surface area contributed by atoms with Crippen LogP contribution in [0.25, 0.3) is 10.8 Å². The highest BCUT2D eigenvalue weighted by molar-refractivity contribution is 7.92. The second-order valence-electron chi connectivity index (χ2n) is 7.52. The van der Waals surface area contributed by atoms with Crippen LogP contribution in [0.4, 0.5) is 5.69 Å². The number of benzene rings is 3. The van der Waals surface area contributed by atoms with Crippen molar-refractivity contribution in [2.75, 3.05) is 31.2 Å². The molecule has 0 aromatic heterocycles. The lowest BCUT2D eigenvalue weighted by atomic mass is 10.0. The summed E-state index contributed by atoms with van der Waals surface area (Å²) in [6, 6.07) is 16.9. The molecule has 0 fully saturated rings. The van der Waals surface area contributed by atoms with E-state index in [4.69, 9.17) is 4.74 Å². The number of hydrogen-bond donors (Lipinski definition) is 1. The predicted molar refractivity (Wildman–Crippen MR) is 121 cm³/mol. The Hall–Kier alpha value is -3.06. The van der Waals surface area contributed by atoms with Crippen LogP contribution in [-0.4, -0.2) is 45.7 Å². The van der Waals surface area contributed by atoms with Gasteiger partial charge in [-0.15, -0.1) is 0 Å². The second-order valence-corrected chi connectivity index (χ2v) is 9.27. The Morgan fingerprint density at radius 1 is 1.00 bits per heavy atom. The maximum atomic E-state index is 13.1. The van der Waals surface area contributed by atoms with Crippen LogP contribution in [0.3, 0.4) is 0 Å². The number of carbonyl (C=O) groups excluding carboxylic acids is 1. The first-order valence-corrected chi connectivity index (χ1v) is 11.5. The van der Waals surface area contributed by atoms with E-state index in [0.717, 1.165) is 33.9 Å². The van der Waals surface area contributed by atoms with E-state index in [1.807, 2.05) is 50.2 Å². The fraction of sp³-hybridized carbons (Fsp3) is 0.261. The van der Waals surface area contributed by atoms with E-state index in [9.17, 15) is 13.2 Å². The van der Waals surface area contributed by atoms with Crippen LogP contribution in [0.1, 0.15) is 21.5 Å². The van der Waals surface area contributed by atoms with Crippen molar-refractivity contribution in [2.45, 2.75) is 13.8 Å². The summed E-state index contributed by atoms with van der Waals surface area (Å²) in [6.07, 6.45) is 1.07. The number of hydrogen-bond acceptors (Lipinski definition) is 4. The SMILES string of the molecule is Cc1cc(C)cc(OCCN(C)C(=O)c2cc3ccccc3cc2NS(C)(=O)=O)c1. The summed E-state index contributed by atoms with van der Waals surface area (Å²) >= 11 is 0. The lowest BCUT2D eigenvalue weighted by Gasteiger charge is -2.20. The number of amides is 1. The highest BCUT2D eigenvalue weighted by Crippen LogP contribution is 2.26. The molecule has 0 radical (unpaired) electrons. The molecule has 0 aliphatic heterocycles. The first-order chi connectivity index (χ1) is 14.1. The van der Waals surface area contributed by atoms with Gasteiger partial charge < -0.3 is 9.64 Å². The molecule has 6 nitrogen and oxygen atoms in total. The zero-order valence-corrected chi connectivity index (χ0v) is 18.4. The van der Waals surface area contributed by atoms with Crippen molar-refractivity contribution in [1.29, 1.82) is 0 Å². The molecular weight excluding hydrogens is 400 g/mol. The number of carbonyl (C=O) groups is 1. The zero-order chi connectivity index (χ0) is 21.9. The smallest absolute Gasteiger partial charge is 0.255 e. The average molecular weight is 427 g/mol. The van der Waals surface area contributed by atoms with Gasteiger partial charge in [0, 0.05) is 7.05 Å². The fourth-order valence-corrected chi connectivity index (χ4v) is 3.89. The Balaban J connectivity index is 1.79. The normalized spacial score (nSPS) is 11.3. The van der Waals surface area contributed by atoms with Gasteiger partial charge in [-0.1, -0.05) is 30.3 Å². The van der Waals surface area contributed by atoms with E-state index >= 15 is 0 Å². The quantitative estimate of drug-likeness (QED) is 0.620. The maximum absolute atomic E-state index is 13.1. The molecule has 0 aliphatic rings. The van der Waals surface area contributed by atoms with Crippen LogP contribution in [0.5, 0.6) is 5.75 Å². The predicted octanol–water partition coefficient (Wildman–Crippen LogP) is 3.98. The number of nitrogens with zero attached hydrogens (tertiary/aromatic N) is 1. The minimum absolute atomic E-state index is 0.267. The van der Waals surface area contributed by atoms with Crippen LogP contribution < -0.4 is 9.46 Å². The number of rotatable bonds is 7. The minimum atomic E-state index is -3.53. The lowest BCUT2D eigenvalue weighted by Crippen LogP contribution is -2.31. The molecule has 0 heterocycles. The Morgan fingerprint density at radius 3 is 2.20 bits per heavy atom. The van der Waals surface area contributed by atoms with Gasteiger partial charge in [-0.05, 0) is 60.0 Å². The number of sulfonamides is 1. The van der Waals surface area contributed by atoms with Gasteiger partial charge in [0.15, 0.2) is 0 Å². The number of aryl methyl sites for hydroxylation is 2. The summed E-state index contributed by atoms with van der Waals surface area (Å²) in [6.45, 7) is 4.70. The fourth-order valence-electron chi connectivity index (χ4n) is 3.33. The monoisotopic (exact) mass is 426 g/mol. The highest BCUT2D eigenvalue weighted by Gasteiger charge is 2.19. The van der Waals surface area contributed by atoms with Crippen LogP contribution in [0.15, 0.2) is 54.6 Å². The summed E-state index contributed by atoms with van der Waals surface area (Å²) in [5.74, 6) is 0.481. The molecule has 158 valence electrons. The van der Waals surface area contributed by atoms with Gasteiger partial charge >= 0.3 is 0 Å². The lowest BCUT2D eigenvalue weighted by molar-refractivity contribution is 0.0775. The summed E-state index contributed by atoms with van der Waals surface area (Å²) in [7, 11) is -1.86. The van der Waals surface area contributed by atoms with E-state index < -0.39 is 10.0 Å². The molecule has 3 rings (SSSR count). The van der Waals surface area contributed by atoms with Gasteiger partial charge in [0.2, 0.25) is 10.0 Å². The number of fused-ring (bicyclic) bond motifs is 1. The molecule has 30 heavy (non-hydrogen) atoms. The Morgan fingerprint density at radius 2 is 1.60 bits per heavy atom. The zero-order valence-electron chi connectivity index (χ0n) is 17.6. The largest absolute Gasteiger partial charge is 0.492 e. The molecule has 0 saturated carbocycles. The van der Waals surface area contributed by atoms with Gasteiger partial charge in [0.05, 0.1) is 24.1 Å². The van der Waals surface area contributed by atoms with Crippen LogP contribution in [0, 0.1) is 13.8 Å². The van der Waals surface area contributed by atoms with Crippen molar-refractivity contribution < 1.29 is 17.9 Å². The van der Waals surface area contributed by atoms with Crippen molar-refractivity contribution in [3.8, 4) is 5.75 Å². The molecule has 0 saturated heterocycles. The molecule has 3 aromatic carbocycles. The molecule has 1 N–H and O–H groups in total. The topological polar surface area (TPSA) is 75.7 Å².